The van der Waals surface area contributed by atoms with E-state index in [1.54, 1.807) is 37.5 Å². The number of rotatable bonds is 7. The van der Waals surface area contributed by atoms with Gasteiger partial charge in [0.2, 0.25) is 5.91 Å². The molecule has 0 bridgehead atoms. The molecule has 9 nitrogen and oxygen atoms in total. The summed E-state index contributed by atoms with van der Waals surface area (Å²) in [4.78, 5) is 18.7. The van der Waals surface area contributed by atoms with Crippen molar-refractivity contribution >= 4 is 27.5 Å². The summed E-state index contributed by atoms with van der Waals surface area (Å²) >= 11 is 1.29. The first kappa shape index (κ1) is 21.6. The average molecular weight is 462 g/mol. The molecule has 1 saturated heterocycles. The maximum absolute atomic E-state index is 13.0. The van der Waals surface area contributed by atoms with E-state index in [2.05, 4.69) is 15.2 Å². The molecule has 4 heterocycles. The first-order chi connectivity index (χ1) is 14.8. The smallest absolute Gasteiger partial charge is 0.235 e. The fourth-order valence-corrected chi connectivity index (χ4v) is 6.27. The zero-order valence-corrected chi connectivity index (χ0v) is 18.8. The van der Waals surface area contributed by atoms with E-state index < -0.39 is 15.1 Å². The van der Waals surface area contributed by atoms with E-state index >= 15 is 0 Å². The van der Waals surface area contributed by atoms with Gasteiger partial charge in [-0.2, -0.15) is 0 Å². The quantitative estimate of drug-likeness (QED) is 0.492. The molecule has 1 aliphatic rings. The number of nitrogens with zero attached hydrogens (tertiary/aromatic N) is 5. The second-order valence-corrected chi connectivity index (χ2v) is 11.0. The molecule has 2 unspecified atom stereocenters. The lowest BCUT2D eigenvalue weighted by atomic mass is 10.2. The zero-order valence-electron chi connectivity index (χ0n) is 17.2. The van der Waals surface area contributed by atoms with Gasteiger partial charge >= 0.3 is 0 Å². The maximum atomic E-state index is 13.0. The van der Waals surface area contributed by atoms with Gasteiger partial charge in [0.25, 0.3) is 0 Å². The topological polar surface area (TPSA) is 111 Å². The van der Waals surface area contributed by atoms with Crippen LogP contribution in [0.15, 0.2) is 52.5 Å². The van der Waals surface area contributed by atoms with Gasteiger partial charge in [0.1, 0.15) is 5.76 Å². The largest absolute Gasteiger partial charge is 0.467 e. The van der Waals surface area contributed by atoms with E-state index in [-0.39, 0.29) is 23.5 Å². The molecule has 0 aliphatic carbocycles. The van der Waals surface area contributed by atoms with Gasteiger partial charge in [0, 0.05) is 31.0 Å². The Morgan fingerprint density at radius 1 is 1.35 bits per heavy atom. The Morgan fingerprint density at radius 3 is 2.84 bits per heavy atom. The van der Waals surface area contributed by atoms with Crippen LogP contribution in [0, 0.1) is 0 Å². The number of hydrogen-bond donors (Lipinski definition) is 0. The number of carbonyl (C=O) groups excluding carboxylic acids is 1. The van der Waals surface area contributed by atoms with Crippen molar-refractivity contribution in [3.63, 3.8) is 0 Å². The fraction of sp³-hybridized carbons (Fsp3) is 0.400. The number of sulfone groups is 1. The van der Waals surface area contributed by atoms with Gasteiger partial charge in [-0.25, -0.2) is 8.42 Å². The van der Waals surface area contributed by atoms with Crippen LogP contribution in [0.1, 0.15) is 19.1 Å². The molecule has 4 rings (SSSR count). The van der Waals surface area contributed by atoms with Crippen LogP contribution in [0.3, 0.4) is 0 Å². The Kier molecular flexibility index (Phi) is 6.15. The molecule has 1 aliphatic heterocycles. The fourth-order valence-electron chi connectivity index (χ4n) is 3.54. The number of aromatic nitrogens is 4. The van der Waals surface area contributed by atoms with Crippen molar-refractivity contribution in [3.8, 4) is 11.4 Å². The van der Waals surface area contributed by atoms with Crippen LogP contribution in [0.25, 0.3) is 11.4 Å². The van der Waals surface area contributed by atoms with Crippen molar-refractivity contribution < 1.29 is 17.6 Å². The molecule has 3 aromatic heterocycles. The van der Waals surface area contributed by atoms with Gasteiger partial charge in [-0.15, -0.1) is 10.2 Å². The number of carbonyl (C=O) groups is 1. The van der Waals surface area contributed by atoms with Crippen molar-refractivity contribution in [3.05, 3.63) is 48.7 Å². The van der Waals surface area contributed by atoms with Gasteiger partial charge in [-0.05, 0) is 37.6 Å². The van der Waals surface area contributed by atoms with E-state index in [4.69, 9.17) is 4.42 Å². The molecular weight excluding hydrogens is 438 g/mol. The third kappa shape index (κ3) is 4.82. The second kappa shape index (κ2) is 8.83. The van der Waals surface area contributed by atoms with Gasteiger partial charge < -0.3 is 9.32 Å². The van der Waals surface area contributed by atoms with Crippen LogP contribution in [0.2, 0.25) is 0 Å². The highest BCUT2D eigenvalue weighted by Crippen LogP contribution is 2.29. The molecule has 2 atom stereocenters. The lowest BCUT2D eigenvalue weighted by Crippen LogP contribution is -2.41. The normalized spacial score (nSPS) is 18.7. The summed E-state index contributed by atoms with van der Waals surface area (Å²) in [6.45, 7) is 2.20. The Balaban J connectivity index is 1.56. The zero-order chi connectivity index (χ0) is 22.0. The standard InChI is InChI=1S/C20H23N5O4S2/c1-14(19(26)24(2)16-7-10-31(27,28)13-16)30-20-23-22-18(15-5-3-8-21-11-15)25(20)12-17-6-4-9-29-17/h3-6,8-9,11,14,16H,7,10,12-13H2,1-2H3. The third-order valence-corrected chi connectivity index (χ3v) is 8.08. The van der Waals surface area contributed by atoms with Crippen LogP contribution in [-0.4, -0.2) is 68.8 Å². The highest BCUT2D eigenvalue weighted by molar-refractivity contribution is 8.00. The van der Waals surface area contributed by atoms with Crippen molar-refractivity contribution in [2.45, 2.75) is 36.3 Å². The molecule has 1 amide bonds. The Hall–Kier alpha value is -2.66. The number of hydrogen-bond acceptors (Lipinski definition) is 8. The summed E-state index contributed by atoms with van der Waals surface area (Å²) < 4.78 is 31.0. The SMILES string of the molecule is CC(Sc1nnc(-c2cccnc2)n1Cc1ccco1)C(=O)N(C)C1CCS(=O)(=O)C1. The Morgan fingerprint density at radius 2 is 2.19 bits per heavy atom. The summed E-state index contributed by atoms with van der Waals surface area (Å²) in [5.74, 6) is 1.37. The molecule has 0 N–H and O–H groups in total. The van der Waals surface area contributed by atoms with E-state index in [1.165, 1.54) is 11.8 Å². The van der Waals surface area contributed by atoms with Crippen molar-refractivity contribution in [1.29, 1.82) is 0 Å². The molecule has 1 fully saturated rings. The summed E-state index contributed by atoms with van der Waals surface area (Å²) in [6.07, 6.45) is 5.47. The summed E-state index contributed by atoms with van der Waals surface area (Å²) in [5, 5.41) is 8.75. The molecule has 0 radical (unpaired) electrons. The first-order valence-electron chi connectivity index (χ1n) is 9.84. The molecule has 3 aromatic rings. The monoisotopic (exact) mass is 461 g/mol. The highest BCUT2D eigenvalue weighted by atomic mass is 32.2. The van der Waals surface area contributed by atoms with Crippen molar-refractivity contribution in [2.75, 3.05) is 18.6 Å². The van der Waals surface area contributed by atoms with Crippen LogP contribution >= 0.6 is 11.8 Å². The Labute approximate surface area is 184 Å². The van der Waals surface area contributed by atoms with Crippen LogP contribution in [0.5, 0.6) is 0 Å². The number of amides is 1. The van der Waals surface area contributed by atoms with Gasteiger partial charge in [-0.1, -0.05) is 11.8 Å². The second-order valence-electron chi connectivity index (χ2n) is 7.48. The van der Waals surface area contributed by atoms with Gasteiger partial charge in [0.05, 0.1) is 29.6 Å². The molecule has 31 heavy (non-hydrogen) atoms. The maximum Gasteiger partial charge on any atom is 0.235 e. The summed E-state index contributed by atoms with van der Waals surface area (Å²) in [6, 6.07) is 7.11. The molecule has 0 aromatic carbocycles. The third-order valence-electron chi connectivity index (χ3n) is 5.26. The van der Waals surface area contributed by atoms with Crippen LogP contribution < -0.4 is 0 Å². The number of pyridine rings is 1. The van der Waals surface area contributed by atoms with Crippen molar-refractivity contribution in [2.24, 2.45) is 0 Å². The summed E-state index contributed by atoms with van der Waals surface area (Å²) in [7, 11) is -1.40. The minimum Gasteiger partial charge on any atom is -0.467 e. The lowest BCUT2D eigenvalue weighted by molar-refractivity contribution is -0.130. The molecule has 0 spiro atoms. The predicted octanol–water partition coefficient (Wildman–Crippen LogP) is 2.11. The molecule has 0 saturated carbocycles. The van der Waals surface area contributed by atoms with Gasteiger partial charge in [0.15, 0.2) is 20.8 Å². The van der Waals surface area contributed by atoms with E-state index in [0.29, 0.717) is 23.9 Å². The molecular formula is C20H23N5O4S2. The van der Waals surface area contributed by atoms with Crippen molar-refractivity contribution in [1.82, 2.24) is 24.6 Å². The minimum atomic E-state index is -3.07. The molecule has 11 heteroatoms. The number of furan rings is 1. The number of thioether (sulfide) groups is 1. The van der Waals surface area contributed by atoms with Crippen LogP contribution in [-0.2, 0) is 21.2 Å². The Bertz CT molecular complexity index is 1150. The van der Waals surface area contributed by atoms with E-state index in [9.17, 15) is 13.2 Å². The van der Waals surface area contributed by atoms with Crippen LogP contribution in [0.4, 0.5) is 0 Å². The van der Waals surface area contributed by atoms with E-state index in [0.717, 1.165) is 11.3 Å². The predicted molar refractivity (Wildman–Crippen MR) is 116 cm³/mol. The highest BCUT2D eigenvalue weighted by Gasteiger charge is 2.34. The van der Waals surface area contributed by atoms with Gasteiger partial charge in [-0.3, -0.25) is 14.3 Å². The average Bonchev–Trinajstić information content (AvgIpc) is 3.49. The minimum absolute atomic E-state index is 0.0203. The summed E-state index contributed by atoms with van der Waals surface area (Å²) in [5.41, 5.74) is 0.806. The molecule has 164 valence electrons. The first-order valence-corrected chi connectivity index (χ1v) is 12.5. The van der Waals surface area contributed by atoms with E-state index in [1.807, 2.05) is 28.8 Å². The lowest BCUT2D eigenvalue weighted by Gasteiger charge is -2.26.